The molecule has 130 valence electrons. The summed E-state index contributed by atoms with van der Waals surface area (Å²) < 4.78 is 0. The van der Waals surface area contributed by atoms with Crippen LogP contribution in [-0.2, 0) is 6.42 Å². The molecule has 3 heterocycles. The number of hydrogen-bond acceptors (Lipinski definition) is 5. The first-order chi connectivity index (χ1) is 12.2. The number of imidazole rings is 1. The Morgan fingerprint density at radius 1 is 1.40 bits per heavy atom. The van der Waals surface area contributed by atoms with Gasteiger partial charge in [-0.2, -0.15) is 0 Å². The second-order valence-electron chi connectivity index (χ2n) is 6.45. The number of para-hydroxylation sites is 2. The predicted molar refractivity (Wildman–Crippen MR) is 100 cm³/mol. The summed E-state index contributed by atoms with van der Waals surface area (Å²) in [5, 5.41) is 5.59. The quantitative estimate of drug-likeness (QED) is 0.754. The average molecular weight is 355 g/mol. The summed E-state index contributed by atoms with van der Waals surface area (Å²) in [4.78, 5) is 27.0. The van der Waals surface area contributed by atoms with Crippen LogP contribution in [0, 0.1) is 5.92 Å². The van der Waals surface area contributed by atoms with Gasteiger partial charge in [-0.15, -0.1) is 11.3 Å². The number of piperidine rings is 1. The lowest BCUT2D eigenvalue weighted by Crippen LogP contribution is -2.40. The summed E-state index contributed by atoms with van der Waals surface area (Å²) in [6.07, 6.45) is 3.02. The minimum atomic E-state index is 0.0343. The lowest BCUT2D eigenvalue weighted by atomic mass is 9.94. The fourth-order valence-corrected chi connectivity index (χ4v) is 4.09. The molecule has 7 heteroatoms. The number of carbonyl (C=O) groups excluding carboxylic acids is 1. The van der Waals surface area contributed by atoms with Crippen molar-refractivity contribution in [1.82, 2.24) is 19.9 Å². The van der Waals surface area contributed by atoms with Gasteiger partial charge < -0.3 is 15.2 Å². The number of anilines is 1. The molecule has 1 aromatic carbocycles. The largest absolute Gasteiger partial charge is 0.365 e. The zero-order chi connectivity index (χ0) is 17.2. The van der Waals surface area contributed by atoms with Gasteiger partial charge in [-0.3, -0.25) is 4.79 Å². The van der Waals surface area contributed by atoms with Crippen LogP contribution in [0.2, 0.25) is 0 Å². The number of aromatic nitrogens is 3. The first-order valence-corrected chi connectivity index (χ1v) is 9.47. The zero-order valence-corrected chi connectivity index (χ0v) is 15.0. The number of hydrogen-bond donors (Lipinski definition) is 2. The molecular weight excluding hydrogens is 334 g/mol. The van der Waals surface area contributed by atoms with Crippen molar-refractivity contribution in [2.24, 2.45) is 5.92 Å². The summed E-state index contributed by atoms with van der Waals surface area (Å²) >= 11 is 1.46. The van der Waals surface area contributed by atoms with Crippen molar-refractivity contribution in [1.29, 1.82) is 0 Å². The van der Waals surface area contributed by atoms with Gasteiger partial charge >= 0.3 is 0 Å². The van der Waals surface area contributed by atoms with Crippen molar-refractivity contribution < 1.29 is 4.79 Å². The number of amides is 1. The Morgan fingerprint density at radius 3 is 3.08 bits per heavy atom. The van der Waals surface area contributed by atoms with E-state index in [4.69, 9.17) is 0 Å². The molecule has 6 nitrogen and oxygen atoms in total. The van der Waals surface area contributed by atoms with Gasteiger partial charge in [0, 0.05) is 31.9 Å². The number of fused-ring (bicyclic) bond motifs is 1. The van der Waals surface area contributed by atoms with E-state index < -0.39 is 0 Å². The maximum absolute atomic E-state index is 12.7. The summed E-state index contributed by atoms with van der Waals surface area (Å²) in [6, 6.07) is 8.08. The molecule has 1 fully saturated rings. The highest BCUT2D eigenvalue weighted by molar-refractivity contribution is 7.13. The number of thiazole rings is 1. The highest BCUT2D eigenvalue weighted by atomic mass is 32.1. The number of carbonyl (C=O) groups is 1. The molecule has 1 atom stereocenters. The summed E-state index contributed by atoms with van der Waals surface area (Å²) in [7, 11) is 1.82. The van der Waals surface area contributed by atoms with Crippen LogP contribution in [-0.4, -0.2) is 45.9 Å². The molecule has 4 rings (SSSR count). The number of likely N-dealkylation sites (tertiary alicyclic amines) is 1. The van der Waals surface area contributed by atoms with Gasteiger partial charge in [0.25, 0.3) is 5.91 Å². The SMILES string of the molecule is CNc1nc(C(=O)N2CCC[C@@H](Cc3nc4ccccc4[nH]3)C2)cs1. The first-order valence-electron chi connectivity index (χ1n) is 8.59. The molecule has 0 unspecified atom stereocenters. The topological polar surface area (TPSA) is 73.9 Å². The van der Waals surface area contributed by atoms with Gasteiger partial charge in [0.05, 0.1) is 11.0 Å². The minimum Gasteiger partial charge on any atom is -0.365 e. The van der Waals surface area contributed by atoms with Crippen LogP contribution >= 0.6 is 11.3 Å². The van der Waals surface area contributed by atoms with Crippen LogP contribution in [0.4, 0.5) is 5.13 Å². The molecule has 1 amide bonds. The minimum absolute atomic E-state index is 0.0343. The van der Waals surface area contributed by atoms with E-state index in [1.165, 1.54) is 11.3 Å². The predicted octanol–water partition coefficient (Wildman–Crippen LogP) is 3.16. The Hall–Kier alpha value is -2.41. The maximum atomic E-state index is 12.7. The van der Waals surface area contributed by atoms with Gasteiger partial charge in [0.15, 0.2) is 5.13 Å². The zero-order valence-electron chi connectivity index (χ0n) is 14.2. The summed E-state index contributed by atoms with van der Waals surface area (Å²) in [5.74, 6) is 1.47. The summed E-state index contributed by atoms with van der Waals surface area (Å²) in [6.45, 7) is 1.57. The highest BCUT2D eigenvalue weighted by Gasteiger charge is 2.26. The van der Waals surface area contributed by atoms with E-state index in [2.05, 4.69) is 20.3 Å². The molecular formula is C18H21N5OS. The van der Waals surface area contributed by atoms with Crippen molar-refractivity contribution in [3.05, 3.63) is 41.2 Å². The van der Waals surface area contributed by atoms with Crippen LogP contribution in [0.25, 0.3) is 11.0 Å². The molecule has 1 aliphatic rings. The Kier molecular flexibility index (Phi) is 4.40. The molecule has 0 saturated carbocycles. The normalized spacial score (nSPS) is 17.8. The van der Waals surface area contributed by atoms with Crippen molar-refractivity contribution in [3.8, 4) is 0 Å². The molecule has 1 aliphatic heterocycles. The van der Waals surface area contributed by atoms with Gasteiger partial charge in [-0.25, -0.2) is 9.97 Å². The first kappa shape index (κ1) is 16.1. The third kappa shape index (κ3) is 3.37. The number of aromatic amines is 1. The second-order valence-corrected chi connectivity index (χ2v) is 7.31. The fraction of sp³-hybridized carbons (Fsp3) is 0.389. The monoisotopic (exact) mass is 355 g/mol. The fourth-order valence-electron chi connectivity index (χ4n) is 3.44. The van der Waals surface area contributed by atoms with Crippen LogP contribution < -0.4 is 5.32 Å². The van der Waals surface area contributed by atoms with E-state index in [0.29, 0.717) is 11.6 Å². The highest BCUT2D eigenvalue weighted by Crippen LogP contribution is 2.23. The Labute approximate surface area is 150 Å². The van der Waals surface area contributed by atoms with Crippen LogP contribution in [0.3, 0.4) is 0 Å². The van der Waals surface area contributed by atoms with Crippen molar-refractivity contribution >= 4 is 33.4 Å². The molecule has 0 spiro atoms. The number of nitrogens with one attached hydrogen (secondary N) is 2. The average Bonchev–Trinajstić information content (AvgIpc) is 3.27. The van der Waals surface area contributed by atoms with E-state index in [1.54, 1.807) is 0 Å². The van der Waals surface area contributed by atoms with Gasteiger partial charge in [-0.05, 0) is 30.9 Å². The van der Waals surface area contributed by atoms with Crippen molar-refractivity contribution in [3.63, 3.8) is 0 Å². The van der Waals surface area contributed by atoms with Gasteiger partial charge in [0.2, 0.25) is 0 Å². The standard InChI is InChI=1S/C18H21N5OS/c1-19-18-22-15(11-25-18)17(24)23-8-4-5-12(10-23)9-16-20-13-6-2-3-7-14(13)21-16/h2-3,6-7,11-12H,4-5,8-10H2,1H3,(H,19,22)(H,20,21)/t12-/m0/s1. The van der Waals surface area contributed by atoms with E-state index >= 15 is 0 Å². The Bertz CT molecular complexity index is 853. The second kappa shape index (κ2) is 6.84. The van der Waals surface area contributed by atoms with Gasteiger partial charge in [0.1, 0.15) is 11.5 Å². The molecule has 1 saturated heterocycles. The smallest absolute Gasteiger partial charge is 0.273 e. The van der Waals surface area contributed by atoms with E-state index in [-0.39, 0.29) is 5.91 Å². The summed E-state index contributed by atoms with van der Waals surface area (Å²) in [5.41, 5.74) is 2.62. The molecule has 2 N–H and O–H groups in total. The third-order valence-corrected chi connectivity index (χ3v) is 5.52. The number of nitrogens with zero attached hydrogens (tertiary/aromatic N) is 3. The molecule has 25 heavy (non-hydrogen) atoms. The number of rotatable bonds is 4. The van der Waals surface area contributed by atoms with Crippen LogP contribution in [0.15, 0.2) is 29.6 Å². The lowest BCUT2D eigenvalue weighted by molar-refractivity contribution is 0.0667. The lowest BCUT2D eigenvalue weighted by Gasteiger charge is -2.32. The Morgan fingerprint density at radius 2 is 2.28 bits per heavy atom. The molecule has 0 bridgehead atoms. The van der Waals surface area contributed by atoms with E-state index in [0.717, 1.165) is 54.3 Å². The third-order valence-electron chi connectivity index (χ3n) is 4.66. The number of H-pyrrole nitrogens is 1. The van der Waals surface area contributed by atoms with E-state index in [9.17, 15) is 4.79 Å². The van der Waals surface area contributed by atoms with Crippen molar-refractivity contribution in [2.45, 2.75) is 19.3 Å². The molecule has 2 aromatic heterocycles. The molecule has 3 aromatic rings. The maximum Gasteiger partial charge on any atom is 0.273 e. The number of benzene rings is 1. The van der Waals surface area contributed by atoms with Crippen molar-refractivity contribution in [2.75, 3.05) is 25.5 Å². The van der Waals surface area contributed by atoms with E-state index in [1.807, 2.05) is 41.6 Å². The molecule has 0 radical (unpaired) electrons. The Balaban J connectivity index is 1.44. The van der Waals surface area contributed by atoms with Gasteiger partial charge in [-0.1, -0.05) is 12.1 Å². The molecule has 0 aliphatic carbocycles. The van der Waals surface area contributed by atoms with Crippen LogP contribution in [0.1, 0.15) is 29.2 Å². The van der Waals surface area contributed by atoms with Crippen LogP contribution in [0.5, 0.6) is 0 Å².